The van der Waals surface area contributed by atoms with E-state index < -0.39 is 5.41 Å². The first-order valence-electron chi connectivity index (χ1n) is 8.30. The summed E-state index contributed by atoms with van der Waals surface area (Å²) in [7, 11) is 1.68. The molecule has 0 saturated heterocycles. The summed E-state index contributed by atoms with van der Waals surface area (Å²) in [5, 5.41) is 7.19. The van der Waals surface area contributed by atoms with Gasteiger partial charge in [-0.05, 0) is 27.6 Å². The van der Waals surface area contributed by atoms with Crippen LogP contribution in [0.25, 0.3) is 11.0 Å². The predicted molar refractivity (Wildman–Crippen MR) is 103 cm³/mol. The molecule has 0 spiro atoms. The molecule has 0 radical (unpaired) electrons. The number of fused-ring (bicyclic) bond motifs is 1. The van der Waals surface area contributed by atoms with Gasteiger partial charge in [-0.2, -0.15) is 5.10 Å². The fraction of sp³-hybridized carbons (Fsp3) is 0.333. The van der Waals surface area contributed by atoms with Gasteiger partial charge in [0.25, 0.3) is 5.56 Å². The Balaban J connectivity index is 1.74. The molecule has 0 fully saturated rings. The topological polar surface area (TPSA) is 81.8 Å². The maximum atomic E-state index is 14.0. The van der Waals surface area contributed by atoms with Crippen LogP contribution in [0.2, 0.25) is 0 Å². The normalized spacial score (nSPS) is 11.7. The lowest BCUT2D eigenvalue weighted by molar-refractivity contribution is -0.121. The number of carbonyl (C=O) groups is 1. The number of carbonyl (C=O) groups excluding carboxylic acids is 1. The van der Waals surface area contributed by atoms with E-state index in [9.17, 15) is 14.0 Å². The van der Waals surface area contributed by atoms with Gasteiger partial charge in [-0.1, -0.05) is 32.0 Å². The summed E-state index contributed by atoms with van der Waals surface area (Å²) in [6, 6.07) is 6.47. The lowest BCUT2D eigenvalue weighted by atomic mass is 9.84. The number of nitrogens with one attached hydrogen (secondary N) is 1. The fourth-order valence-corrected chi connectivity index (χ4v) is 3.47. The molecule has 0 bridgehead atoms. The van der Waals surface area contributed by atoms with Gasteiger partial charge in [0.2, 0.25) is 5.91 Å². The minimum atomic E-state index is -0.597. The molecule has 1 amide bonds. The minimum absolute atomic E-state index is 0.184. The Hall–Kier alpha value is -2.55. The zero-order valence-corrected chi connectivity index (χ0v) is 16.7. The second-order valence-electron chi connectivity index (χ2n) is 6.93. The van der Waals surface area contributed by atoms with E-state index in [0.717, 1.165) is 0 Å². The number of amides is 1. The summed E-state index contributed by atoms with van der Waals surface area (Å²) in [4.78, 5) is 29.1. The third-order valence-electron chi connectivity index (χ3n) is 4.41. The summed E-state index contributed by atoms with van der Waals surface area (Å²) < 4.78 is 17.1. The third-order valence-corrected chi connectivity index (χ3v) is 4.97. The van der Waals surface area contributed by atoms with Crippen LogP contribution in [-0.2, 0) is 23.8 Å². The zero-order valence-electron chi connectivity index (χ0n) is 15.2. The van der Waals surface area contributed by atoms with Crippen molar-refractivity contribution < 1.29 is 9.18 Å². The summed E-state index contributed by atoms with van der Waals surface area (Å²) in [5.74, 6) is -0.674. The van der Waals surface area contributed by atoms with Crippen molar-refractivity contribution in [1.29, 1.82) is 0 Å². The number of aromatic nitrogens is 4. The monoisotopic (exact) mass is 435 g/mol. The number of hydrogen-bond donors (Lipinski definition) is 1. The molecule has 0 unspecified atom stereocenters. The van der Waals surface area contributed by atoms with Gasteiger partial charge in [-0.3, -0.25) is 14.2 Å². The molecule has 3 aromatic rings. The first-order valence-corrected chi connectivity index (χ1v) is 9.09. The number of rotatable bonds is 5. The molecule has 1 aromatic carbocycles. The van der Waals surface area contributed by atoms with Crippen LogP contribution in [0.3, 0.4) is 0 Å². The van der Waals surface area contributed by atoms with Crippen molar-refractivity contribution in [3.8, 4) is 0 Å². The Bertz CT molecular complexity index is 1070. The number of nitrogens with zero attached hydrogens (tertiary/aromatic N) is 4. The van der Waals surface area contributed by atoms with Crippen LogP contribution in [-0.4, -0.2) is 31.8 Å². The van der Waals surface area contributed by atoms with Crippen molar-refractivity contribution in [2.24, 2.45) is 7.05 Å². The quantitative estimate of drug-likeness (QED) is 0.665. The average Bonchev–Trinajstić information content (AvgIpc) is 2.90. The number of halogens is 2. The molecule has 1 N–H and O–H groups in total. The van der Waals surface area contributed by atoms with Crippen LogP contribution < -0.4 is 10.9 Å². The molecule has 0 aliphatic carbocycles. The van der Waals surface area contributed by atoms with E-state index in [4.69, 9.17) is 0 Å². The van der Waals surface area contributed by atoms with E-state index in [1.165, 1.54) is 21.6 Å². The van der Waals surface area contributed by atoms with Crippen LogP contribution in [0, 0.1) is 5.82 Å². The lowest BCUT2D eigenvalue weighted by Gasteiger charge is -2.26. The van der Waals surface area contributed by atoms with E-state index >= 15 is 0 Å². The van der Waals surface area contributed by atoms with Gasteiger partial charge < -0.3 is 5.32 Å². The molecule has 142 valence electrons. The molecule has 2 aromatic heterocycles. The number of aryl methyl sites for hydroxylation is 1. The molecule has 0 aliphatic heterocycles. The van der Waals surface area contributed by atoms with Crippen LogP contribution in [0.15, 0.2) is 40.0 Å². The van der Waals surface area contributed by atoms with Gasteiger partial charge in [0.05, 0.1) is 0 Å². The van der Waals surface area contributed by atoms with Crippen molar-refractivity contribution in [3.05, 3.63) is 56.9 Å². The Kier molecular flexibility index (Phi) is 5.14. The van der Waals surface area contributed by atoms with Gasteiger partial charge in [-0.25, -0.2) is 14.1 Å². The van der Waals surface area contributed by atoms with Gasteiger partial charge in [0.1, 0.15) is 28.7 Å². The molecule has 3 rings (SSSR count). The fourth-order valence-electron chi connectivity index (χ4n) is 2.88. The van der Waals surface area contributed by atoms with E-state index in [0.29, 0.717) is 21.2 Å². The van der Waals surface area contributed by atoms with Crippen LogP contribution in [0.4, 0.5) is 4.39 Å². The average molecular weight is 436 g/mol. The highest BCUT2D eigenvalue weighted by Gasteiger charge is 2.24. The Morgan fingerprint density at radius 3 is 2.74 bits per heavy atom. The molecule has 0 atom stereocenters. The molecule has 7 nitrogen and oxygen atoms in total. The first-order chi connectivity index (χ1) is 12.7. The summed E-state index contributed by atoms with van der Waals surface area (Å²) >= 11 is 3.24. The maximum absolute atomic E-state index is 14.0. The Morgan fingerprint density at radius 2 is 2.04 bits per heavy atom. The SMILES string of the molecule is Cn1nc(Br)c2c(=O)n(CC(=O)NCC(C)(C)c3ccccc3F)cnc21. The molecule has 2 heterocycles. The van der Waals surface area contributed by atoms with E-state index in [-0.39, 0.29) is 30.4 Å². The molecular weight excluding hydrogens is 417 g/mol. The molecule has 0 aliphatic rings. The summed E-state index contributed by atoms with van der Waals surface area (Å²) in [5.41, 5.74) is -0.00172. The second kappa shape index (κ2) is 7.22. The largest absolute Gasteiger partial charge is 0.354 e. The highest BCUT2D eigenvalue weighted by Crippen LogP contribution is 2.24. The van der Waals surface area contributed by atoms with Crippen molar-refractivity contribution in [2.45, 2.75) is 25.8 Å². The molecule has 9 heteroatoms. The predicted octanol–water partition coefficient (Wildman–Crippen LogP) is 2.13. The number of hydrogen-bond acceptors (Lipinski definition) is 4. The van der Waals surface area contributed by atoms with Crippen molar-refractivity contribution in [2.75, 3.05) is 6.54 Å². The van der Waals surface area contributed by atoms with Crippen LogP contribution in [0.1, 0.15) is 19.4 Å². The third kappa shape index (κ3) is 3.78. The lowest BCUT2D eigenvalue weighted by Crippen LogP contribution is -2.40. The second-order valence-corrected chi connectivity index (χ2v) is 7.68. The highest BCUT2D eigenvalue weighted by molar-refractivity contribution is 9.10. The molecule has 0 saturated carbocycles. The number of benzene rings is 1. The van der Waals surface area contributed by atoms with E-state index in [1.807, 2.05) is 13.8 Å². The highest BCUT2D eigenvalue weighted by atomic mass is 79.9. The van der Waals surface area contributed by atoms with Crippen LogP contribution >= 0.6 is 15.9 Å². The minimum Gasteiger partial charge on any atom is -0.354 e. The smallest absolute Gasteiger partial charge is 0.266 e. The van der Waals surface area contributed by atoms with Gasteiger partial charge in [0.15, 0.2) is 5.65 Å². The summed E-state index contributed by atoms with van der Waals surface area (Å²) in [6.45, 7) is 3.74. The molecule has 27 heavy (non-hydrogen) atoms. The first kappa shape index (κ1) is 19.2. The summed E-state index contributed by atoms with van der Waals surface area (Å²) in [6.07, 6.45) is 1.32. The Morgan fingerprint density at radius 1 is 1.33 bits per heavy atom. The Labute approximate surface area is 163 Å². The van der Waals surface area contributed by atoms with Crippen LogP contribution in [0.5, 0.6) is 0 Å². The van der Waals surface area contributed by atoms with Gasteiger partial charge >= 0.3 is 0 Å². The molecular formula is C18H19BrFN5O2. The van der Waals surface area contributed by atoms with Crippen molar-refractivity contribution in [3.63, 3.8) is 0 Å². The van der Waals surface area contributed by atoms with Crippen molar-refractivity contribution >= 4 is 32.9 Å². The standard InChI is InChI=1S/C18H19BrFN5O2/c1-18(2,11-6-4-5-7-12(11)20)9-21-13(26)8-25-10-22-16-14(17(25)27)15(19)23-24(16)3/h4-7,10H,8-9H2,1-3H3,(H,21,26). The van der Waals surface area contributed by atoms with Crippen molar-refractivity contribution in [1.82, 2.24) is 24.6 Å². The van der Waals surface area contributed by atoms with Gasteiger partial charge in [0, 0.05) is 19.0 Å². The van der Waals surface area contributed by atoms with E-state index in [2.05, 4.69) is 31.3 Å². The van der Waals surface area contributed by atoms with E-state index in [1.54, 1.807) is 25.2 Å². The van der Waals surface area contributed by atoms with Gasteiger partial charge in [-0.15, -0.1) is 0 Å². The zero-order chi connectivity index (χ0) is 19.8. The maximum Gasteiger partial charge on any atom is 0.266 e.